The molecule has 0 radical (unpaired) electrons. The fourth-order valence-electron chi connectivity index (χ4n) is 2.30. The van der Waals surface area contributed by atoms with Crippen molar-refractivity contribution in [3.05, 3.63) is 0 Å². The van der Waals surface area contributed by atoms with Crippen LogP contribution in [0.5, 0.6) is 0 Å². The van der Waals surface area contributed by atoms with Crippen molar-refractivity contribution in [2.24, 2.45) is 5.41 Å². The molecule has 0 spiro atoms. The Morgan fingerprint density at radius 2 is 2.18 bits per heavy atom. The molecule has 1 rings (SSSR count). The molecule has 4 nitrogen and oxygen atoms in total. The van der Waals surface area contributed by atoms with Gasteiger partial charge in [0.1, 0.15) is 5.41 Å². The Bertz CT molecular complexity index is 299. The third-order valence-corrected chi connectivity index (χ3v) is 3.68. The summed E-state index contributed by atoms with van der Waals surface area (Å²) < 4.78 is 5.51. The van der Waals surface area contributed by atoms with Crippen LogP contribution in [0.15, 0.2) is 0 Å². The lowest BCUT2D eigenvalue weighted by Gasteiger charge is -2.29. The molecule has 0 saturated carbocycles. The fraction of sp³-hybridized carbons (Fsp3) is 0.846. The predicted octanol–water partition coefficient (Wildman–Crippen LogP) is 1.95. The molecule has 1 unspecified atom stereocenters. The summed E-state index contributed by atoms with van der Waals surface area (Å²) in [7, 11) is 1.77. The second kappa shape index (κ2) is 6.02. The number of hydrogen-bond acceptors (Lipinski definition) is 3. The van der Waals surface area contributed by atoms with E-state index in [0.29, 0.717) is 19.4 Å². The molecule has 0 N–H and O–H groups in total. The highest BCUT2D eigenvalue weighted by Gasteiger charge is 2.38. The van der Waals surface area contributed by atoms with Crippen LogP contribution >= 0.6 is 0 Å². The lowest BCUT2D eigenvalue weighted by Crippen LogP contribution is -2.43. The Morgan fingerprint density at radius 3 is 2.59 bits per heavy atom. The van der Waals surface area contributed by atoms with E-state index >= 15 is 0 Å². The Kier molecular flexibility index (Phi) is 4.95. The molecule has 0 aromatic carbocycles. The van der Waals surface area contributed by atoms with Gasteiger partial charge in [-0.05, 0) is 25.7 Å². The quantitative estimate of drug-likeness (QED) is 0.735. The minimum Gasteiger partial charge on any atom is -0.376 e. The fourth-order valence-corrected chi connectivity index (χ4v) is 2.30. The number of carbonyl (C=O) groups excluding carboxylic acids is 1. The summed E-state index contributed by atoms with van der Waals surface area (Å²) >= 11 is 0. The first-order valence-corrected chi connectivity index (χ1v) is 6.38. The summed E-state index contributed by atoms with van der Waals surface area (Å²) in [5, 5.41) is 9.23. The van der Waals surface area contributed by atoms with Gasteiger partial charge in [0.15, 0.2) is 0 Å². The SMILES string of the molecule is CCC(C#N)(CC)C(=O)N(C)CC1CCCO1. The Balaban J connectivity index is 2.64. The summed E-state index contributed by atoms with van der Waals surface area (Å²) in [6, 6.07) is 2.19. The second-order valence-corrected chi connectivity index (χ2v) is 4.72. The van der Waals surface area contributed by atoms with Gasteiger partial charge in [0.25, 0.3) is 0 Å². The molecule has 0 aromatic heterocycles. The maximum atomic E-state index is 12.3. The van der Waals surface area contributed by atoms with Gasteiger partial charge in [0, 0.05) is 20.2 Å². The van der Waals surface area contributed by atoms with E-state index in [2.05, 4.69) is 6.07 Å². The van der Waals surface area contributed by atoms with Crippen LogP contribution in [-0.4, -0.2) is 37.1 Å². The first kappa shape index (κ1) is 14.0. The van der Waals surface area contributed by atoms with Crippen LogP contribution in [0.3, 0.4) is 0 Å². The van der Waals surface area contributed by atoms with E-state index in [9.17, 15) is 10.1 Å². The van der Waals surface area contributed by atoms with Gasteiger partial charge in [-0.2, -0.15) is 5.26 Å². The van der Waals surface area contributed by atoms with Crippen molar-refractivity contribution in [2.45, 2.75) is 45.6 Å². The number of likely N-dealkylation sites (N-methyl/N-ethyl adjacent to an activating group) is 1. The molecule has 1 heterocycles. The Morgan fingerprint density at radius 1 is 1.53 bits per heavy atom. The Hall–Kier alpha value is -1.08. The molecular formula is C13H22N2O2. The topological polar surface area (TPSA) is 53.3 Å². The molecule has 1 saturated heterocycles. The smallest absolute Gasteiger partial charge is 0.242 e. The first-order valence-electron chi connectivity index (χ1n) is 6.38. The summed E-state index contributed by atoms with van der Waals surface area (Å²) in [6.07, 6.45) is 3.35. The summed E-state index contributed by atoms with van der Waals surface area (Å²) in [5.74, 6) is -0.0690. The summed E-state index contributed by atoms with van der Waals surface area (Å²) in [6.45, 7) is 5.18. The maximum Gasteiger partial charge on any atom is 0.242 e. The van der Waals surface area contributed by atoms with Gasteiger partial charge < -0.3 is 9.64 Å². The van der Waals surface area contributed by atoms with Crippen molar-refractivity contribution in [1.82, 2.24) is 4.90 Å². The van der Waals surface area contributed by atoms with Gasteiger partial charge in [-0.1, -0.05) is 13.8 Å². The van der Waals surface area contributed by atoms with Crippen molar-refractivity contribution in [1.29, 1.82) is 5.26 Å². The van der Waals surface area contributed by atoms with E-state index in [0.717, 1.165) is 19.4 Å². The van der Waals surface area contributed by atoms with Crippen LogP contribution in [0, 0.1) is 16.7 Å². The van der Waals surface area contributed by atoms with Crippen LogP contribution in [0.1, 0.15) is 39.5 Å². The van der Waals surface area contributed by atoms with Crippen molar-refractivity contribution >= 4 is 5.91 Å². The number of carbonyl (C=O) groups is 1. The highest BCUT2D eigenvalue weighted by Crippen LogP contribution is 2.28. The molecule has 0 bridgehead atoms. The van der Waals surface area contributed by atoms with Gasteiger partial charge in [-0.15, -0.1) is 0 Å². The zero-order valence-electron chi connectivity index (χ0n) is 11.0. The van der Waals surface area contributed by atoms with E-state index < -0.39 is 5.41 Å². The molecule has 17 heavy (non-hydrogen) atoms. The summed E-state index contributed by atoms with van der Waals surface area (Å²) in [4.78, 5) is 14.0. The average Bonchev–Trinajstić information content (AvgIpc) is 2.84. The van der Waals surface area contributed by atoms with E-state index in [1.165, 1.54) is 0 Å². The number of nitriles is 1. The standard InChI is InChI=1S/C13H22N2O2/c1-4-13(5-2,10-14)12(16)15(3)9-11-7-6-8-17-11/h11H,4-9H2,1-3H3. The van der Waals surface area contributed by atoms with Crippen LogP contribution in [0.4, 0.5) is 0 Å². The molecule has 4 heteroatoms. The van der Waals surface area contributed by atoms with Gasteiger partial charge in [-0.3, -0.25) is 4.79 Å². The Labute approximate surface area is 104 Å². The lowest BCUT2D eigenvalue weighted by atomic mass is 9.82. The monoisotopic (exact) mass is 238 g/mol. The number of hydrogen-bond donors (Lipinski definition) is 0. The molecule has 0 aliphatic carbocycles. The molecule has 1 fully saturated rings. The van der Waals surface area contributed by atoms with E-state index in [4.69, 9.17) is 4.74 Å². The first-order chi connectivity index (χ1) is 8.09. The third kappa shape index (κ3) is 2.98. The number of amides is 1. The molecule has 1 atom stereocenters. The molecule has 1 amide bonds. The number of nitrogens with zero attached hydrogens (tertiary/aromatic N) is 2. The van der Waals surface area contributed by atoms with Crippen molar-refractivity contribution in [3.63, 3.8) is 0 Å². The van der Waals surface area contributed by atoms with Crippen molar-refractivity contribution in [3.8, 4) is 6.07 Å². The summed E-state index contributed by atoms with van der Waals surface area (Å²) in [5.41, 5.74) is -0.854. The normalized spacial score (nSPS) is 20.0. The van der Waals surface area contributed by atoms with Gasteiger partial charge in [0.2, 0.25) is 5.91 Å². The van der Waals surface area contributed by atoms with E-state index in [1.807, 2.05) is 13.8 Å². The molecular weight excluding hydrogens is 216 g/mol. The predicted molar refractivity (Wildman–Crippen MR) is 65.2 cm³/mol. The van der Waals surface area contributed by atoms with Crippen LogP contribution in [0.2, 0.25) is 0 Å². The van der Waals surface area contributed by atoms with Gasteiger partial charge in [0.05, 0.1) is 12.2 Å². The van der Waals surface area contributed by atoms with E-state index in [-0.39, 0.29) is 12.0 Å². The highest BCUT2D eigenvalue weighted by atomic mass is 16.5. The molecule has 0 aromatic rings. The lowest BCUT2D eigenvalue weighted by molar-refractivity contribution is -0.139. The second-order valence-electron chi connectivity index (χ2n) is 4.72. The maximum absolute atomic E-state index is 12.3. The van der Waals surface area contributed by atoms with Crippen LogP contribution in [0.25, 0.3) is 0 Å². The van der Waals surface area contributed by atoms with E-state index in [1.54, 1.807) is 11.9 Å². The largest absolute Gasteiger partial charge is 0.376 e. The van der Waals surface area contributed by atoms with Crippen LogP contribution < -0.4 is 0 Å². The van der Waals surface area contributed by atoms with Gasteiger partial charge in [-0.25, -0.2) is 0 Å². The minimum absolute atomic E-state index is 0.0690. The zero-order valence-corrected chi connectivity index (χ0v) is 11.0. The molecule has 1 aliphatic rings. The molecule has 96 valence electrons. The van der Waals surface area contributed by atoms with Gasteiger partial charge >= 0.3 is 0 Å². The van der Waals surface area contributed by atoms with Crippen molar-refractivity contribution < 1.29 is 9.53 Å². The minimum atomic E-state index is -0.854. The van der Waals surface area contributed by atoms with Crippen LogP contribution in [-0.2, 0) is 9.53 Å². The molecule has 1 aliphatic heterocycles. The highest BCUT2D eigenvalue weighted by molar-refractivity contribution is 5.85. The van der Waals surface area contributed by atoms with Crippen molar-refractivity contribution in [2.75, 3.05) is 20.2 Å². The third-order valence-electron chi connectivity index (χ3n) is 3.68. The zero-order chi connectivity index (χ0) is 12.9. The number of rotatable bonds is 5. The number of ether oxygens (including phenoxy) is 1. The average molecular weight is 238 g/mol.